The van der Waals surface area contributed by atoms with Crippen molar-refractivity contribution >= 4 is 40.3 Å². The van der Waals surface area contributed by atoms with Gasteiger partial charge in [-0.1, -0.05) is 22.0 Å². The number of carbonyl (C=O) groups excluding carboxylic acids is 1. The second-order valence-electron chi connectivity index (χ2n) is 3.47. The molecule has 1 unspecified atom stereocenters. The highest BCUT2D eigenvalue weighted by molar-refractivity contribution is 9.09. The normalized spacial score (nSPS) is 12.2. The highest BCUT2D eigenvalue weighted by Gasteiger charge is 2.20. The average molecular weight is 319 g/mol. The minimum atomic E-state index is -1.62. The van der Waals surface area contributed by atoms with Crippen LogP contribution >= 0.6 is 28.6 Å². The van der Waals surface area contributed by atoms with E-state index in [1.165, 1.54) is 6.07 Å². The largest absolute Gasteiger partial charge is 0.479 e. The van der Waals surface area contributed by atoms with Gasteiger partial charge >= 0.3 is 5.97 Å². The van der Waals surface area contributed by atoms with Crippen molar-refractivity contribution in [2.75, 3.05) is 5.33 Å². The molecule has 0 amide bonds. The molecule has 0 aliphatic rings. The molecule has 6 heteroatoms. The van der Waals surface area contributed by atoms with Gasteiger partial charge < -0.3 is 10.2 Å². The summed E-state index contributed by atoms with van der Waals surface area (Å²) in [5, 5.41) is 18.5. The van der Waals surface area contributed by atoms with Crippen LogP contribution in [0.2, 0.25) is 0 Å². The minimum absolute atomic E-state index is 0.0688. The Kier molecular flexibility index (Phi) is 5.17. The number of alkyl halides is 1. The number of aliphatic hydroxyl groups excluding tert-OH is 1. The molecule has 0 aliphatic carbocycles. The number of benzene rings is 1. The summed E-state index contributed by atoms with van der Waals surface area (Å²) >= 11 is 7.16. The predicted molar refractivity (Wildman–Crippen MR) is 68.8 cm³/mol. The number of ketones is 1. The monoisotopic (exact) mass is 318 g/mol. The van der Waals surface area contributed by atoms with E-state index in [0.717, 1.165) is 0 Å². The Bertz CT molecular complexity index is 447. The van der Waals surface area contributed by atoms with Crippen molar-refractivity contribution in [3.8, 4) is 0 Å². The van der Waals surface area contributed by atoms with Crippen molar-refractivity contribution in [3.63, 3.8) is 0 Å². The summed E-state index contributed by atoms with van der Waals surface area (Å²) in [5.74, 6) is -1.44. The van der Waals surface area contributed by atoms with E-state index in [-0.39, 0.29) is 23.1 Å². The number of carbonyl (C=O) groups is 2. The van der Waals surface area contributed by atoms with Gasteiger partial charge in [0.05, 0.1) is 5.33 Å². The third kappa shape index (κ3) is 3.83. The fraction of sp³-hybridized carbons (Fsp3) is 0.273. The number of aliphatic hydroxyl groups is 1. The van der Waals surface area contributed by atoms with E-state index in [9.17, 15) is 14.7 Å². The smallest absolute Gasteiger partial charge is 0.337 e. The topological polar surface area (TPSA) is 74.6 Å². The zero-order chi connectivity index (χ0) is 13.0. The number of rotatable bonds is 5. The van der Waals surface area contributed by atoms with E-state index in [0.29, 0.717) is 10.5 Å². The van der Waals surface area contributed by atoms with Crippen LogP contribution < -0.4 is 0 Å². The van der Waals surface area contributed by atoms with Crippen molar-refractivity contribution in [2.24, 2.45) is 0 Å². The van der Waals surface area contributed by atoms with E-state index in [1.54, 1.807) is 12.1 Å². The Morgan fingerprint density at radius 3 is 2.59 bits per heavy atom. The fourth-order valence-electron chi connectivity index (χ4n) is 1.40. The number of halogens is 1. The number of hydrogen-bond acceptors (Lipinski definition) is 4. The van der Waals surface area contributed by atoms with Gasteiger partial charge in [0.15, 0.2) is 6.10 Å². The lowest BCUT2D eigenvalue weighted by Gasteiger charge is -2.12. The first-order valence-electron chi connectivity index (χ1n) is 4.76. The number of carboxylic acids is 1. The Morgan fingerprint density at radius 2 is 2.06 bits per heavy atom. The van der Waals surface area contributed by atoms with Gasteiger partial charge in [0.1, 0.15) is 5.78 Å². The molecule has 2 N–H and O–H groups in total. The van der Waals surface area contributed by atoms with Gasteiger partial charge in [0.2, 0.25) is 0 Å². The van der Waals surface area contributed by atoms with Gasteiger partial charge in [-0.15, -0.1) is 12.6 Å². The molecule has 17 heavy (non-hydrogen) atoms. The lowest BCUT2D eigenvalue weighted by atomic mass is 9.98. The van der Waals surface area contributed by atoms with Crippen molar-refractivity contribution in [1.29, 1.82) is 0 Å². The van der Waals surface area contributed by atoms with Gasteiger partial charge in [-0.25, -0.2) is 4.79 Å². The minimum Gasteiger partial charge on any atom is -0.479 e. The quantitative estimate of drug-likeness (QED) is 0.569. The van der Waals surface area contributed by atoms with Crippen molar-refractivity contribution < 1.29 is 19.8 Å². The number of thiol groups is 1. The zero-order valence-electron chi connectivity index (χ0n) is 8.76. The molecule has 0 spiro atoms. The molecule has 92 valence electrons. The van der Waals surface area contributed by atoms with Crippen molar-refractivity contribution in [3.05, 3.63) is 29.3 Å². The van der Waals surface area contributed by atoms with Crippen LogP contribution in [0.4, 0.5) is 0 Å². The van der Waals surface area contributed by atoms with Gasteiger partial charge in [-0.2, -0.15) is 0 Å². The highest BCUT2D eigenvalue weighted by Crippen LogP contribution is 2.22. The van der Waals surface area contributed by atoms with Crippen LogP contribution in [0.5, 0.6) is 0 Å². The van der Waals surface area contributed by atoms with E-state index >= 15 is 0 Å². The second-order valence-corrected chi connectivity index (χ2v) is 4.55. The summed E-state index contributed by atoms with van der Waals surface area (Å²) in [6.07, 6.45) is -1.55. The van der Waals surface area contributed by atoms with E-state index in [4.69, 9.17) is 5.11 Å². The Balaban J connectivity index is 3.11. The number of carboxylic acid groups (broad SMARTS) is 1. The molecule has 4 nitrogen and oxygen atoms in total. The maximum absolute atomic E-state index is 11.3. The van der Waals surface area contributed by atoms with Gasteiger partial charge in [0, 0.05) is 11.3 Å². The third-order valence-corrected chi connectivity index (χ3v) is 3.10. The Labute approximate surface area is 112 Å². The summed E-state index contributed by atoms with van der Waals surface area (Å²) in [6.45, 7) is 0. The van der Waals surface area contributed by atoms with Crippen LogP contribution in [-0.4, -0.2) is 27.3 Å². The van der Waals surface area contributed by atoms with E-state index < -0.39 is 12.1 Å². The maximum Gasteiger partial charge on any atom is 0.337 e. The molecule has 0 heterocycles. The molecule has 1 rings (SSSR count). The molecule has 0 radical (unpaired) electrons. The third-order valence-electron chi connectivity index (χ3n) is 2.19. The summed E-state index contributed by atoms with van der Waals surface area (Å²) in [4.78, 5) is 22.7. The van der Waals surface area contributed by atoms with Crippen LogP contribution in [0, 0.1) is 0 Å². The first-order valence-corrected chi connectivity index (χ1v) is 6.33. The number of hydrogen-bond donors (Lipinski definition) is 3. The fourth-order valence-corrected chi connectivity index (χ4v) is 1.83. The van der Waals surface area contributed by atoms with Crippen LogP contribution in [-0.2, 0) is 16.0 Å². The second kappa shape index (κ2) is 6.18. The lowest BCUT2D eigenvalue weighted by molar-refractivity contribution is -0.147. The van der Waals surface area contributed by atoms with E-state index in [2.05, 4.69) is 28.6 Å². The Morgan fingerprint density at radius 1 is 1.41 bits per heavy atom. The molecule has 0 aliphatic heterocycles. The van der Waals surface area contributed by atoms with Gasteiger partial charge in [-0.3, -0.25) is 4.79 Å². The van der Waals surface area contributed by atoms with Crippen molar-refractivity contribution in [1.82, 2.24) is 0 Å². The molecule has 1 atom stereocenters. The summed E-state index contributed by atoms with van der Waals surface area (Å²) in [7, 11) is 0. The standard InChI is InChI=1S/C11H11BrO4S/c12-5-7(13)3-6-4-8(17)1-2-9(6)10(14)11(15)16/h1-2,4,10,14,17H,3,5H2,(H,15,16). The number of aliphatic carboxylic acids is 1. The highest BCUT2D eigenvalue weighted by atomic mass is 79.9. The molecule has 1 aromatic rings. The zero-order valence-corrected chi connectivity index (χ0v) is 11.2. The molecule has 0 bridgehead atoms. The molecular weight excluding hydrogens is 308 g/mol. The lowest BCUT2D eigenvalue weighted by Crippen LogP contribution is -2.15. The first kappa shape index (κ1) is 14.2. The Hall–Kier alpha value is -0.850. The predicted octanol–water partition coefficient (Wildman–Crippen LogP) is 1.60. The van der Waals surface area contributed by atoms with Crippen LogP contribution in [0.1, 0.15) is 17.2 Å². The molecule has 0 aromatic heterocycles. The SMILES string of the molecule is O=C(CBr)Cc1cc(S)ccc1C(O)C(=O)O. The molecule has 0 saturated heterocycles. The molecule has 0 saturated carbocycles. The molecular formula is C11H11BrO4S. The van der Waals surface area contributed by atoms with E-state index in [1.807, 2.05) is 0 Å². The average Bonchev–Trinajstić information content (AvgIpc) is 2.28. The van der Waals surface area contributed by atoms with Crippen LogP contribution in [0.3, 0.4) is 0 Å². The van der Waals surface area contributed by atoms with Crippen LogP contribution in [0.25, 0.3) is 0 Å². The maximum atomic E-state index is 11.3. The van der Waals surface area contributed by atoms with Gasteiger partial charge in [0.25, 0.3) is 0 Å². The molecule has 1 aromatic carbocycles. The van der Waals surface area contributed by atoms with Crippen molar-refractivity contribution in [2.45, 2.75) is 17.4 Å². The summed E-state index contributed by atoms with van der Waals surface area (Å²) in [6, 6.07) is 4.63. The number of Topliss-reactive ketones (excluding diaryl/α,β-unsaturated/α-hetero) is 1. The summed E-state index contributed by atoms with van der Waals surface area (Å²) < 4.78 is 0. The summed E-state index contributed by atoms with van der Waals surface area (Å²) in [5.41, 5.74) is 0.710. The van der Waals surface area contributed by atoms with Gasteiger partial charge in [-0.05, 0) is 23.3 Å². The molecule has 0 fully saturated rings. The van der Waals surface area contributed by atoms with Crippen LogP contribution in [0.15, 0.2) is 23.1 Å². The first-order chi connectivity index (χ1) is 7.95.